The minimum absolute atomic E-state index is 0.119. The molecule has 0 saturated carbocycles. The van der Waals surface area contributed by atoms with Gasteiger partial charge in [0.15, 0.2) is 0 Å². The van der Waals surface area contributed by atoms with Gasteiger partial charge in [-0.05, 0) is 29.8 Å². The van der Waals surface area contributed by atoms with Gasteiger partial charge in [0.1, 0.15) is 11.3 Å². The molecule has 144 valence electrons. The van der Waals surface area contributed by atoms with Crippen molar-refractivity contribution in [1.82, 2.24) is 10.3 Å². The predicted octanol–water partition coefficient (Wildman–Crippen LogP) is 3.65. The number of amides is 2. The molecule has 0 saturated heterocycles. The van der Waals surface area contributed by atoms with Gasteiger partial charge in [-0.2, -0.15) is 13.2 Å². The Morgan fingerprint density at radius 3 is 2.39 bits per heavy atom. The van der Waals surface area contributed by atoms with Gasteiger partial charge in [0.25, 0.3) is 0 Å². The Morgan fingerprint density at radius 1 is 1.00 bits per heavy atom. The number of benzene rings is 2. The lowest BCUT2D eigenvalue weighted by Gasteiger charge is -2.09. The Hall–Kier alpha value is -3.49. The van der Waals surface area contributed by atoms with Gasteiger partial charge in [-0.25, -0.2) is 4.39 Å². The molecule has 2 N–H and O–H groups in total. The van der Waals surface area contributed by atoms with Crippen molar-refractivity contribution in [1.29, 1.82) is 0 Å². The number of halogens is 4. The van der Waals surface area contributed by atoms with Crippen LogP contribution in [-0.2, 0) is 22.3 Å². The van der Waals surface area contributed by atoms with Crippen molar-refractivity contribution in [2.24, 2.45) is 0 Å². The van der Waals surface area contributed by atoms with E-state index in [0.717, 1.165) is 12.1 Å². The van der Waals surface area contributed by atoms with Gasteiger partial charge in [0.2, 0.25) is 0 Å². The zero-order chi connectivity index (χ0) is 20.3. The van der Waals surface area contributed by atoms with Crippen molar-refractivity contribution in [2.75, 3.05) is 5.32 Å². The fraction of sp³-hybridized carbons (Fsp3) is 0.105. The number of anilines is 1. The maximum Gasteiger partial charge on any atom is 0.416 e. The molecule has 5 nitrogen and oxygen atoms in total. The maximum absolute atomic E-state index is 13.6. The van der Waals surface area contributed by atoms with Crippen LogP contribution >= 0.6 is 0 Å². The van der Waals surface area contributed by atoms with E-state index in [1.165, 1.54) is 36.5 Å². The first-order valence-electron chi connectivity index (χ1n) is 8.03. The van der Waals surface area contributed by atoms with Crippen LogP contribution in [0.4, 0.5) is 23.2 Å². The second-order valence-electron chi connectivity index (χ2n) is 5.87. The Bertz CT molecular complexity index is 1030. The number of hydrogen-bond acceptors (Lipinski definition) is 3. The molecule has 0 aliphatic heterocycles. The smallest absolute Gasteiger partial charge is 0.344 e. The first-order valence-corrected chi connectivity index (χ1v) is 8.03. The molecule has 3 aromatic rings. The zero-order valence-corrected chi connectivity index (χ0v) is 14.2. The molecule has 0 atom stereocenters. The molecule has 0 fully saturated rings. The third-order valence-electron chi connectivity index (χ3n) is 3.86. The van der Waals surface area contributed by atoms with Crippen molar-refractivity contribution in [2.45, 2.75) is 12.7 Å². The van der Waals surface area contributed by atoms with E-state index in [1.54, 1.807) is 6.07 Å². The van der Waals surface area contributed by atoms with E-state index in [-0.39, 0.29) is 17.7 Å². The minimum Gasteiger partial charge on any atom is -0.344 e. The lowest BCUT2D eigenvalue weighted by Crippen LogP contribution is -2.35. The molecule has 2 amide bonds. The highest BCUT2D eigenvalue weighted by atomic mass is 19.4. The fourth-order valence-corrected chi connectivity index (χ4v) is 2.45. The van der Waals surface area contributed by atoms with E-state index in [0.29, 0.717) is 10.9 Å². The Balaban J connectivity index is 1.60. The number of carbonyl (C=O) groups is 2. The number of hydrogen-bond donors (Lipinski definition) is 2. The van der Waals surface area contributed by atoms with E-state index in [2.05, 4.69) is 15.6 Å². The highest BCUT2D eigenvalue weighted by molar-refractivity contribution is 6.39. The van der Waals surface area contributed by atoms with Gasteiger partial charge in [0, 0.05) is 11.9 Å². The summed E-state index contributed by atoms with van der Waals surface area (Å²) < 4.78 is 51.1. The van der Waals surface area contributed by atoms with E-state index < -0.39 is 29.4 Å². The molecule has 0 bridgehead atoms. The van der Waals surface area contributed by atoms with Gasteiger partial charge in [0.05, 0.1) is 17.4 Å². The second kappa shape index (κ2) is 7.63. The van der Waals surface area contributed by atoms with Crippen LogP contribution in [0.2, 0.25) is 0 Å². The number of fused-ring (bicyclic) bond motifs is 1. The number of carbonyl (C=O) groups excluding carboxylic acids is 2. The summed E-state index contributed by atoms with van der Waals surface area (Å²) in [5.74, 6) is -2.46. The van der Waals surface area contributed by atoms with Crippen LogP contribution in [0.1, 0.15) is 11.1 Å². The number of aromatic nitrogens is 1. The standard InChI is InChI=1S/C19H13F4N3O2/c20-15-3-1-2-12-8-14(10-24-16(12)15)26-18(28)17(27)25-9-11-4-6-13(7-5-11)19(21,22)23/h1-8,10H,9H2,(H,25,27)(H,26,28). The summed E-state index contributed by atoms with van der Waals surface area (Å²) in [6.07, 6.45) is -3.23. The summed E-state index contributed by atoms with van der Waals surface area (Å²) in [6.45, 7) is -0.119. The van der Waals surface area contributed by atoms with Crippen molar-refractivity contribution < 1.29 is 27.2 Å². The van der Waals surface area contributed by atoms with E-state index >= 15 is 0 Å². The monoisotopic (exact) mass is 391 g/mol. The molecule has 28 heavy (non-hydrogen) atoms. The van der Waals surface area contributed by atoms with Crippen LogP contribution in [0.25, 0.3) is 10.9 Å². The molecule has 0 aliphatic rings. The lowest BCUT2D eigenvalue weighted by atomic mass is 10.1. The minimum atomic E-state index is -4.45. The summed E-state index contributed by atoms with van der Waals surface area (Å²) in [4.78, 5) is 27.7. The quantitative estimate of drug-likeness (QED) is 0.529. The molecule has 1 aromatic heterocycles. The molecular formula is C19H13F4N3O2. The largest absolute Gasteiger partial charge is 0.416 e. The van der Waals surface area contributed by atoms with Crippen LogP contribution < -0.4 is 10.6 Å². The van der Waals surface area contributed by atoms with Crippen LogP contribution in [0, 0.1) is 5.82 Å². The molecule has 3 rings (SSSR count). The Morgan fingerprint density at radius 2 is 1.71 bits per heavy atom. The number of rotatable bonds is 3. The first kappa shape index (κ1) is 19.3. The van der Waals surface area contributed by atoms with Gasteiger partial charge >= 0.3 is 18.0 Å². The lowest BCUT2D eigenvalue weighted by molar-refractivity contribution is -0.137. The highest BCUT2D eigenvalue weighted by Crippen LogP contribution is 2.29. The molecule has 0 unspecified atom stereocenters. The summed E-state index contributed by atoms with van der Waals surface area (Å²) in [7, 11) is 0. The van der Waals surface area contributed by atoms with Crippen molar-refractivity contribution in [3.8, 4) is 0 Å². The van der Waals surface area contributed by atoms with Gasteiger partial charge < -0.3 is 10.6 Å². The fourth-order valence-electron chi connectivity index (χ4n) is 2.45. The van der Waals surface area contributed by atoms with Gasteiger partial charge in [-0.1, -0.05) is 24.3 Å². The maximum atomic E-state index is 13.6. The third kappa shape index (κ3) is 4.43. The average molecular weight is 391 g/mol. The summed E-state index contributed by atoms with van der Waals surface area (Å²) in [5.41, 5.74) is -0.0717. The SMILES string of the molecule is O=C(NCc1ccc(C(F)(F)F)cc1)C(=O)Nc1cnc2c(F)cccc2c1. The van der Waals surface area contributed by atoms with Crippen LogP contribution in [0.15, 0.2) is 54.7 Å². The average Bonchev–Trinajstić information content (AvgIpc) is 2.66. The van der Waals surface area contributed by atoms with E-state index in [1.807, 2.05) is 0 Å². The Kier molecular flexibility index (Phi) is 5.25. The van der Waals surface area contributed by atoms with Gasteiger partial charge in [-0.15, -0.1) is 0 Å². The molecule has 0 aliphatic carbocycles. The molecular weight excluding hydrogens is 378 g/mol. The van der Waals surface area contributed by atoms with Crippen LogP contribution in [0.5, 0.6) is 0 Å². The Labute approximate surface area is 156 Å². The number of alkyl halides is 3. The van der Waals surface area contributed by atoms with Crippen molar-refractivity contribution in [3.63, 3.8) is 0 Å². The topological polar surface area (TPSA) is 71.1 Å². The molecule has 0 spiro atoms. The number of para-hydroxylation sites is 1. The summed E-state index contributed by atoms with van der Waals surface area (Å²) >= 11 is 0. The van der Waals surface area contributed by atoms with Gasteiger partial charge in [-0.3, -0.25) is 14.6 Å². The number of nitrogens with one attached hydrogen (secondary N) is 2. The number of nitrogens with zero attached hydrogens (tertiary/aromatic N) is 1. The molecule has 2 aromatic carbocycles. The summed E-state index contributed by atoms with van der Waals surface area (Å²) in [5, 5.41) is 5.09. The first-order chi connectivity index (χ1) is 13.2. The van der Waals surface area contributed by atoms with E-state index in [4.69, 9.17) is 0 Å². The predicted molar refractivity (Wildman–Crippen MR) is 93.6 cm³/mol. The zero-order valence-electron chi connectivity index (χ0n) is 14.2. The van der Waals surface area contributed by atoms with Crippen molar-refractivity contribution in [3.05, 3.63) is 71.7 Å². The third-order valence-corrected chi connectivity index (χ3v) is 3.86. The summed E-state index contributed by atoms with van der Waals surface area (Å²) in [6, 6.07) is 10.0. The second-order valence-corrected chi connectivity index (χ2v) is 5.87. The normalized spacial score (nSPS) is 11.3. The molecule has 9 heteroatoms. The molecule has 1 heterocycles. The van der Waals surface area contributed by atoms with Crippen LogP contribution in [-0.4, -0.2) is 16.8 Å². The van der Waals surface area contributed by atoms with Crippen molar-refractivity contribution >= 4 is 28.4 Å². The highest BCUT2D eigenvalue weighted by Gasteiger charge is 2.29. The van der Waals surface area contributed by atoms with E-state index in [9.17, 15) is 27.2 Å². The molecule has 0 radical (unpaired) electrons. The number of pyridine rings is 1. The van der Waals surface area contributed by atoms with Crippen LogP contribution in [0.3, 0.4) is 0 Å².